The molecule has 0 aromatic carbocycles. The highest BCUT2D eigenvalue weighted by Gasteiger charge is 2.27. The van der Waals surface area contributed by atoms with Crippen LogP contribution in [0.1, 0.15) is 37.9 Å². The third-order valence-electron chi connectivity index (χ3n) is 5.34. The number of pyridine rings is 1. The number of nitrogens with one attached hydrogen (secondary N) is 1. The zero-order valence-electron chi connectivity index (χ0n) is 15.5. The van der Waals surface area contributed by atoms with Crippen molar-refractivity contribution in [2.75, 3.05) is 19.7 Å². The van der Waals surface area contributed by atoms with Crippen molar-refractivity contribution in [1.29, 1.82) is 0 Å². The van der Waals surface area contributed by atoms with Gasteiger partial charge in [-0.15, -0.1) is 0 Å². The van der Waals surface area contributed by atoms with Crippen LogP contribution in [0.15, 0.2) is 35.0 Å². The van der Waals surface area contributed by atoms with E-state index in [-0.39, 0.29) is 12.1 Å². The molecular weight excluding hydrogens is 344 g/mol. The molecule has 4 rings (SSSR count). The molecule has 3 heterocycles. The Morgan fingerprint density at radius 3 is 2.81 bits per heavy atom. The average molecular weight is 370 g/mol. The molecule has 1 aliphatic heterocycles. The van der Waals surface area contributed by atoms with Crippen molar-refractivity contribution in [2.45, 2.75) is 44.8 Å². The third-order valence-corrected chi connectivity index (χ3v) is 5.34. The van der Waals surface area contributed by atoms with Gasteiger partial charge in [-0.05, 0) is 43.7 Å². The molecule has 7 nitrogen and oxygen atoms in total. The van der Waals surface area contributed by atoms with E-state index in [1.165, 1.54) is 19.3 Å². The third kappa shape index (κ3) is 4.66. The van der Waals surface area contributed by atoms with Crippen LogP contribution in [-0.4, -0.2) is 46.9 Å². The molecule has 2 fully saturated rings. The molecule has 144 valence electrons. The molecule has 2 aromatic rings. The minimum Gasteiger partial charge on any atom is -0.376 e. The number of aromatic nitrogens is 2. The first-order chi connectivity index (χ1) is 13.3. The van der Waals surface area contributed by atoms with Crippen molar-refractivity contribution in [1.82, 2.24) is 20.4 Å². The number of hydrogen-bond donors (Lipinski definition) is 1. The molecule has 2 aliphatic rings. The van der Waals surface area contributed by atoms with E-state index >= 15 is 0 Å². The molecule has 1 atom stereocenters. The van der Waals surface area contributed by atoms with Crippen molar-refractivity contribution in [2.24, 2.45) is 5.92 Å². The zero-order chi connectivity index (χ0) is 18.5. The standard InChI is InChI=1S/C20H26N4O3/c25-20(24(13-15-5-3-6-15)14-16-7-4-10-26-16)22-12-17-11-19(23-27-17)18-8-1-2-9-21-18/h1-2,8-9,11,15-16H,3-7,10,12-14H2,(H,22,25). The molecule has 1 saturated heterocycles. The topological polar surface area (TPSA) is 80.5 Å². The van der Waals surface area contributed by atoms with Crippen molar-refractivity contribution >= 4 is 6.03 Å². The summed E-state index contributed by atoms with van der Waals surface area (Å²) in [6.45, 7) is 2.59. The van der Waals surface area contributed by atoms with Gasteiger partial charge in [0, 0.05) is 32.0 Å². The van der Waals surface area contributed by atoms with Gasteiger partial charge in [-0.1, -0.05) is 17.6 Å². The Morgan fingerprint density at radius 2 is 2.11 bits per heavy atom. The maximum Gasteiger partial charge on any atom is 0.317 e. The molecule has 1 saturated carbocycles. The molecule has 0 spiro atoms. The summed E-state index contributed by atoms with van der Waals surface area (Å²) in [6.07, 6.45) is 7.69. The largest absolute Gasteiger partial charge is 0.376 e. The molecule has 27 heavy (non-hydrogen) atoms. The van der Waals surface area contributed by atoms with Gasteiger partial charge in [0.05, 0.1) is 18.3 Å². The molecule has 1 aliphatic carbocycles. The normalized spacial score (nSPS) is 19.6. The van der Waals surface area contributed by atoms with Gasteiger partial charge >= 0.3 is 6.03 Å². The number of urea groups is 1. The van der Waals surface area contributed by atoms with E-state index < -0.39 is 0 Å². The van der Waals surface area contributed by atoms with Gasteiger partial charge in [0.1, 0.15) is 5.69 Å². The molecule has 0 bridgehead atoms. The van der Waals surface area contributed by atoms with Crippen LogP contribution in [0.4, 0.5) is 4.79 Å². The van der Waals surface area contributed by atoms with E-state index in [9.17, 15) is 4.79 Å². The quantitative estimate of drug-likeness (QED) is 0.809. The second-order valence-electron chi connectivity index (χ2n) is 7.39. The van der Waals surface area contributed by atoms with Crippen LogP contribution < -0.4 is 5.32 Å². The van der Waals surface area contributed by atoms with Gasteiger partial charge in [0.2, 0.25) is 0 Å². The number of hydrogen-bond acceptors (Lipinski definition) is 5. The van der Waals surface area contributed by atoms with Crippen LogP contribution in [-0.2, 0) is 11.3 Å². The van der Waals surface area contributed by atoms with E-state index in [0.717, 1.165) is 31.7 Å². The van der Waals surface area contributed by atoms with E-state index in [1.807, 2.05) is 29.2 Å². The second kappa shape index (κ2) is 8.52. The van der Waals surface area contributed by atoms with Crippen LogP contribution in [0, 0.1) is 5.92 Å². The number of nitrogens with zero attached hydrogens (tertiary/aromatic N) is 3. The molecule has 2 amide bonds. The molecule has 2 aromatic heterocycles. The van der Waals surface area contributed by atoms with Gasteiger partial charge in [-0.2, -0.15) is 0 Å². The number of amides is 2. The molecule has 7 heteroatoms. The summed E-state index contributed by atoms with van der Waals surface area (Å²) in [5, 5.41) is 7.01. The van der Waals surface area contributed by atoms with Crippen molar-refractivity contribution in [3.8, 4) is 11.4 Å². The van der Waals surface area contributed by atoms with Crippen LogP contribution in [0.2, 0.25) is 0 Å². The summed E-state index contributed by atoms with van der Waals surface area (Å²) >= 11 is 0. The van der Waals surface area contributed by atoms with E-state index in [1.54, 1.807) is 6.20 Å². The Bertz CT molecular complexity index is 739. The molecular formula is C20H26N4O3. The first kappa shape index (κ1) is 18.0. The Kier molecular flexibility index (Phi) is 5.67. The predicted molar refractivity (Wildman–Crippen MR) is 99.9 cm³/mol. The molecule has 1 N–H and O–H groups in total. The first-order valence-corrected chi connectivity index (χ1v) is 9.79. The van der Waals surface area contributed by atoms with E-state index in [4.69, 9.17) is 9.26 Å². The summed E-state index contributed by atoms with van der Waals surface area (Å²) in [4.78, 5) is 18.9. The van der Waals surface area contributed by atoms with Gasteiger partial charge in [0.15, 0.2) is 5.76 Å². The fraction of sp³-hybridized carbons (Fsp3) is 0.550. The summed E-state index contributed by atoms with van der Waals surface area (Å²) in [7, 11) is 0. The van der Waals surface area contributed by atoms with Crippen molar-refractivity contribution in [3.05, 3.63) is 36.2 Å². The first-order valence-electron chi connectivity index (χ1n) is 9.79. The van der Waals surface area contributed by atoms with E-state index in [2.05, 4.69) is 15.5 Å². The fourth-order valence-electron chi connectivity index (χ4n) is 3.57. The summed E-state index contributed by atoms with van der Waals surface area (Å²) in [5.74, 6) is 1.24. The summed E-state index contributed by atoms with van der Waals surface area (Å²) in [6, 6.07) is 7.39. The SMILES string of the molecule is O=C(NCc1cc(-c2ccccn2)no1)N(CC1CCC1)CC1CCCO1. The maximum atomic E-state index is 12.7. The van der Waals surface area contributed by atoms with Gasteiger partial charge < -0.3 is 19.5 Å². The van der Waals surface area contributed by atoms with Crippen LogP contribution in [0.3, 0.4) is 0 Å². The lowest BCUT2D eigenvalue weighted by Crippen LogP contribution is -2.46. The lowest BCUT2D eigenvalue weighted by molar-refractivity contribution is 0.0719. The minimum absolute atomic E-state index is 0.0619. The van der Waals surface area contributed by atoms with Crippen LogP contribution in [0.25, 0.3) is 11.4 Å². The summed E-state index contributed by atoms with van der Waals surface area (Å²) < 4.78 is 11.1. The van der Waals surface area contributed by atoms with Crippen LogP contribution >= 0.6 is 0 Å². The summed E-state index contributed by atoms with van der Waals surface area (Å²) in [5.41, 5.74) is 1.43. The lowest BCUT2D eigenvalue weighted by Gasteiger charge is -2.33. The monoisotopic (exact) mass is 370 g/mol. The number of carbonyl (C=O) groups excluding carboxylic acids is 1. The highest BCUT2D eigenvalue weighted by atomic mass is 16.5. The Labute approximate surface area is 159 Å². The Balaban J connectivity index is 1.33. The minimum atomic E-state index is -0.0619. The molecule has 1 unspecified atom stereocenters. The van der Waals surface area contributed by atoms with Crippen LogP contribution in [0.5, 0.6) is 0 Å². The number of rotatable bonds is 7. The van der Waals surface area contributed by atoms with Crippen molar-refractivity contribution in [3.63, 3.8) is 0 Å². The Morgan fingerprint density at radius 1 is 1.19 bits per heavy atom. The number of carbonyl (C=O) groups is 1. The van der Waals surface area contributed by atoms with Gasteiger partial charge in [-0.3, -0.25) is 4.98 Å². The number of ether oxygens (including phenoxy) is 1. The lowest BCUT2D eigenvalue weighted by atomic mass is 9.85. The zero-order valence-corrected chi connectivity index (χ0v) is 15.5. The average Bonchev–Trinajstić information content (AvgIpc) is 3.34. The Hall–Kier alpha value is -2.41. The van der Waals surface area contributed by atoms with Crippen molar-refractivity contribution < 1.29 is 14.1 Å². The van der Waals surface area contributed by atoms with Gasteiger partial charge in [0.25, 0.3) is 0 Å². The van der Waals surface area contributed by atoms with Gasteiger partial charge in [-0.25, -0.2) is 4.79 Å². The van der Waals surface area contributed by atoms with E-state index in [0.29, 0.717) is 30.5 Å². The fourth-order valence-corrected chi connectivity index (χ4v) is 3.57. The highest BCUT2D eigenvalue weighted by molar-refractivity contribution is 5.74. The second-order valence-corrected chi connectivity index (χ2v) is 7.39. The smallest absolute Gasteiger partial charge is 0.317 e. The molecule has 0 radical (unpaired) electrons. The maximum absolute atomic E-state index is 12.7. The highest BCUT2D eigenvalue weighted by Crippen LogP contribution is 2.27. The predicted octanol–water partition coefficient (Wildman–Crippen LogP) is 3.23.